The first kappa shape index (κ1) is 16.8. The minimum atomic E-state index is -0.162. The van der Waals surface area contributed by atoms with Crippen molar-refractivity contribution in [2.45, 2.75) is 12.8 Å². The summed E-state index contributed by atoms with van der Waals surface area (Å²) in [6.45, 7) is 0.468. The summed E-state index contributed by atoms with van der Waals surface area (Å²) in [6.07, 6.45) is 0.960. The van der Waals surface area contributed by atoms with Crippen LogP contribution in [0.3, 0.4) is 0 Å². The second-order valence-electron chi connectivity index (χ2n) is 5.71. The van der Waals surface area contributed by atoms with E-state index >= 15 is 0 Å². The average molecular weight is 363 g/mol. The van der Waals surface area contributed by atoms with Gasteiger partial charge in [0.15, 0.2) is 0 Å². The molecule has 0 saturated carbocycles. The van der Waals surface area contributed by atoms with E-state index in [2.05, 4.69) is 5.32 Å². The van der Waals surface area contributed by atoms with Gasteiger partial charge in [0.1, 0.15) is 0 Å². The summed E-state index contributed by atoms with van der Waals surface area (Å²) in [5, 5.41) is 4.06. The van der Waals surface area contributed by atoms with Gasteiger partial charge in [0.25, 0.3) is 5.91 Å². The first-order valence-corrected chi connectivity index (χ1v) is 8.33. The molecule has 1 heterocycles. The van der Waals surface area contributed by atoms with Gasteiger partial charge in [-0.15, -0.1) is 0 Å². The summed E-state index contributed by atoms with van der Waals surface area (Å²) in [5.41, 5.74) is 3.24. The number of carbonyl (C=O) groups is 2. The van der Waals surface area contributed by atoms with Gasteiger partial charge in [0.05, 0.1) is 6.42 Å². The predicted molar refractivity (Wildman–Crippen MR) is 96.1 cm³/mol. The van der Waals surface area contributed by atoms with Crippen LogP contribution in [-0.2, 0) is 17.6 Å². The van der Waals surface area contributed by atoms with E-state index in [4.69, 9.17) is 23.2 Å². The first-order valence-electron chi connectivity index (χ1n) is 7.57. The molecule has 0 unspecified atom stereocenters. The molecule has 4 nitrogen and oxygen atoms in total. The van der Waals surface area contributed by atoms with E-state index in [1.54, 1.807) is 36.2 Å². The van der Waals surface area contributed by atoms with Crippen molar-refractivity contribution in [3.05, 3.63) is 63.1 Å². The van der Waals surface area contributed by atoms with E-state index in [0.29, 0.717) is 35.0 Å². The topological polar surface area (TPSA) is 49.4 Å². The number of likely N-dealkylation sites (N-methyl/N-ethyl adjacent to an activating group) is 1. The van der Waals surface area contributed by atoms with Crippen molar-refractivity contribution in [1.82, 2.24) is 5.32 Å². The van der Waals surface area contributed by atoms with E-state index in [1.165, 1.54) is 0 Å². The maximum Gasteiger partial charge on any atom is 0.251 e. The zero-order valence-electron chi connectivity index (χ0n) is 13.1. The summed E-state index contributed by atoms with van der Waals surface area (Å²) >= 11 is 12.0. The third kappa shape index (κ3) is 3.40. The molecule has 3 rings (SSSR count). The Bertz CT molecular complexity index is 821. The minimum Gasteiger partial charge on any atom is -0.352 e. The first-order chi connectivity index (χ1) is 11.5. The summed E-state index contributed by atoms with van der Waals surface area (Å²) in [6, 6.07) is 10.6. The van der Waals surface area contributed by atoms with Gasteiger partial charge in [-0.05, 0) is 47.9 Å². The van der Waals surface area contributed by atoms with Crippen LogP contribution in [0.15, 0.2) is 36.4 Å². The molecule has 0 atom stereocenters. The molecule has 124 valence electrons. The number of carbonyl (C=O) groups excluding carboxylic acids is 2. The highest BCUT2D eigenvalue weighted by Gasteiger charge is 2.24. The standard InChI is InChI=1S/C18H16Cl2N2O2/c1-22-16-5-3-12(8-13(16)9-17(22)23)18(24)21-7-6-11-2-4-14(19)10-15(11)20/h2-5,8,10H,6-7,9H2,1H3,(H,21,24). The van der Waals surface area contributed by atoms with Crippen LogP contribution in [0.2, 0.25) is 10.0 Å². The maximum atomic E-state index is 12.3. The SMILES string of the molecule is CN1C(=O)Cc2cc(C(=O)NCCc3ccc(Cl)cc3Cl)ccc21. The zero-order chi connectivity index (χ0) is 17.3. The number of rotatable bonds is 4. The highest BCUT2D eigenvalue weighted by Crippen LogP contribution is 2.28. The molecular formula is C18H16Cl2N2O2. The second-order valence-corrected chi connectivity index (χ2v) is 6.56. The van der Waals surface area contributed by atoms with Gasteiger partial charge in [-0.1, -0.05) is 29.3 Å². The number of fused-ring (bicyclic) bond motifs is 1. The van der Waals surface area contributed by atoms with Crippen molar-refractivity contribution in [2.24, 2.45) is 0 Å². The normalized spacial score (nSPS) is 13.1. The van der Waals surface area contributed by atoms with Crippen molar-refractivity contribution >= 4 is 40.7 Å². The van der Waals surface area contributed by atoms with E-state index in [1.807, 2.05) is 12.1 Å². The van der Waals surface area contributed by atoms with Crippen LogP contribution in [0.1, 0.15) is 21.5 Å². The minimum absolute atomic E-state index is 0.0416. The monoisotopic (exact) mass is 362 g/mol. The van der Waals surface area contributed by atoms with Gasteiger partial charge in [-0.3, -0.25) is 9.59 Å². The van der Waals surface area contributed by atoms with Crippen molar-refractivity contribution in [3.63, 3.8) is 0 Å². The highest BCUT2D eigenvalue weighted by atomic mass is 35.5. The fourth-order valence-corrected chi connectivity index (χ4v) is 3.25. The smallest absolute Gasteiger partial charge is 0.251 e. The molecule has 1 N–H and O–H groups in total. The summed E-state index contributed by atoms with van der Waals surface area (Å²) in [4.78, 5) is 25.6. The van der Waals surface area contributed by atoms with Gasteiger partial charge in [-0.2, -0.15) is 0 Å². The van der Waals surface area contributed by atoms with Gasteiger partial charge < -0.3 is 10.2 Å². The molecule has 1 aliphatic heterocycles. The molecule has 0 bridgehead atoms. The number of benzene rings is 2. The molecule has 24 heavy (non-hydrogen) atoms. The Labute approximate surface area is 150 Å². The van der Waals surface area contributed by atoms with Crippen LogP contribution in [0, 0.1) is 0 Å². The van der Waals surface area contributed by atoms with Crippen LogP contribution in [-0.4, -0.2) is 25.4 Å². The van der Waals surface area contributed by atoms with Gasteiger partial charge in [0, 0.05) is 34.9 Å². The Hall–Kier alpha value is -2.04. The van der Waals surface area contributed by atoms with Crippen molar-refractivity contribution < 1.29 is 9.59 Å². The zero-order valence-corrected chi connectivity index (χ0v) is 14.6. The Morgan fingerprint density at radius 1 is 1.21 bits per heavy atom. The molecule has 2 aromatic carbocycles. The molecule has 2 amide bonds. The van der Waals surface area contributed by atoms with Crippen LogP contribution >= 0.6 is 23.2 Å². The van der Waals surface area contributed by atoms with Crippen molar-refractivity contribution in [1.29, 1.82) is 0 Å². The predicted octanol–water partition coefficient (Wildman–Crippen LogP) is 3.48. The second kappa shape index (κ2) is 6.83. The lowest BCUT2D eigenvalue weighted by Gasteiger charge is -2.11. The van der Waals surface area contributed by atoms with Crippen LogP contribution in [0.5, 0.6) is 0 Å². The fraction of sp³-hybridized carbons (Fsp3) is 0.222. The van der Waals surface area contributed by atoms with E-state index in [-0.39, 0.29) is 11.8 Å². The Morgan fingerprint density at radius 2 is 2.00 bits per heavy atom. The lowest BCUT2D eigenvalue weighted by molar-refractivity contribution is -0.117. The highest BCUT2D eigenvalue weighted by molar-refractivity contribution is 6.35. The molecule has 0 spiro atoms. The Kier molecular flexibility index (Phi) is 4.78. The van der Waals surface area contributed by atoms with Crippen LogP contribution in [0.4, 0.5) is 5.69 Å². The van der Waals surface area contributed by atoms with E-state index in [0.717, 1.165) is 16.8 Å². The lowest BCUT2D eigenvalue weighted by atomic mass is 10.1. The molecule has 0 radical (unpaired) electrons. The molecule has 6 heteroatoms. The maximum absolute atomic E-state index is 12.3. The molecule has 1 aliphatic rings. The van der Waals surface area contributed by atoms with Crippen molar-refractivity contribution in [2.75, 3.05) is 18.5 Å². The van der Waals surface area contributed by atoms with E-state index < -0.39 is 0 Å². The summed E-state index contributed by atoms with van der Waals surface area (Å²) in [5.74, 6) is -0.121. The fourth-order valence-electron chi connectivity index (χ4n) is 2.75. The summed E-state index contributed by atoms with van der Waals surface area (Å²) < 4.78 is 0. The van der Waals surface area contributed by atoms with E-state index in [9.17, 15) is 9.59 Å². The Balaban J connectivity index is 1.62. The van der Waals surface area contributed by atoms with Gasteiger partial charge in [0.2, 0.25) is 5.91 Å². The molecule has 0 fully saturated rings. The largest absolute Gasteiger partial charge is 0.352 e. The van der Waals surface area contributed by atoms with Gasteiger partial charge in [-0.25, -0.2) is 0 Å². The third-order valence-corrected chi connectivity index (χ3v) is 4.70. The number of halogens is 2. The number of nitrogens with one attached hydrogen (secondary N) is 1. The molecule has 2 aromatic rings. The number of hydrogen-bond acceptors (Lipinski definition) is 2. The molecule has 0 saturated heterocycles. The van der Waals surface area contributed by atoms with Crippen molar-refractivity contribution in [3.8, 4) is 0 Å². The quantitative estimate of drug-likeness (QED) is 0.904. The number of anilines is 1. The molecule has 0 aliphatic carbocycles. The number of hydrogen-bond donors (Lipinski definition) is 1. The Morgan fingerprint density at radius 3 is 2.75 bits per heavy atom. The van der Waals surface area contributed by atoms with Gasteiger partial charge >= 0.3 is 0 Å². The molecule has 0 aromatic heterocycles. The van der Waals surface area contributed by atoms with Crippen LogP contribution < -0.4 is 10.2 Å². The summed E-state index contributed by atoms with van der Waals surface area (Å²) in [7, 11) is 1.74. The third-order valence-electron chi connectivity index (χ3n) is 4.11. The number of nitrogens with zero attached hydrogens (tertiary/aromatic N) is 1. The number of amides is 2. The lowest BCUT2D eigenvalue weighted by Crippen LogP contribution is -2.25. The van der Waals surface area contributed by atoms with Crippen LogP contribution in [0.25, 0.3) is 0 Å². The molecular weight excluding hydrogens is 347 g/mol. The average Bonchev–Trinajstić information content (AvgIpc) is 2.83.